The molecule has 0 bridgehead atoms. The minimum Gasteiger partial charge on any atom is -0.493 e. The summed E-state index contributed by atoms with van der Waals surface area (Å²) in [4.78, 5) is 10.4. The molecule has 0 amide bonds. The molecule has 3 heteroatoms. The third-order valence-electron chi connectivity index (χ3n) is 2.05. The van der Waals surface area contributed by atoms with Crippen molar-refractivity contribution in [2.75, 3.05) is 6.61 Å². The van der Waals surface area contributed by atoms with Gasteiger partial charge in [0.2, 0.25) is 0 Å². The number of hydrogen-bond acceptors (Lipinski definition) is 3. The molecule has 0 fully saturated rings. The topological polar surface area (TPSA) is 38.7 Å². The van der Waals surface area contributed by atoms with Crippen LogP contribution >= 0.6 is 0 Å². The molecule has 0 aromatic heterocycles. The Hall–Kier alpha value is -1.38. The fourth-order valence-corrected chi connectivity index (χ4v) is 1.43. The van der Waals surface area contributed by atoms with E-state index in [9.17, 15) is 4.91 Å². The van der Waals surface area contributed by atoms with Crippen LogP contribution in [0.2, 0.25) is 0 Å². The van der Waals surface area contributed by atoms with Crippen LogP contribution in [-0.2, 0) is 0 Å². The highest BCUT2D eigenvalue weighted by Gasteiger charge is 2.20. The molecule has 3 nitrogen and oxygen atoms in total. The summed E-state index contributed by atoms with van der Waals surface area (Å²) in [6, 6.07) is 7.33. The van der Waals surface area contributed by atoms with E-state index in [0.717, 1.165) is 11.3 Å². The fraction of sp³-hybridized carbons (Fsp3) is 0.333. The van der Waals surface area contributed by atoms with E-state index in [1.54, 1.807) is 0 Å². The Labute approximate surface area is 70.3 Å². The zero-order valence-corrected chi connectivity index (χ0v) is 6.56. The van der Waals surface area contributed by atoms with Crippen molar-refractivity contribution in [1.82, 2.24) is 0 Å². The van der Waals surface area contributed by atoms with Gasteiger partial charge in [-0.05, 0) is 6.07 Å². The first-order chi connectivity index (χ1) is 5.92. The van der Waals surface area contributed by atoms with Crippen molar-refractivity contribution in [3.8, 4) is 5.75 Å². The Kier molecular flexibility index (Phi) is 1.78. The van der Waals surface area contributed by atoms with E-state index < -0.39 is 0 Å². The largest absolute Gasteiger partial charge is 0.493 e. The molecule has 1 aromatic carbocycles. The van der Waals surface area contributed by atoms with E-state index in [1.165, 1.54) is 0 Å². The molecule has 1 aliphatic heterocycles. The summed E-state index contributed by atoms with van der Waals surface area (Å²) in [6.45, 7) is 0.591. The molecule has 1 heterocycles. The van der Waals surface area contributed by atoms with Crippen LogP contribution < -0.4 is 4.74 Å². The average molecular weight is 163 g/mol. The number of benzene rings is 1. The Morgan fingerprint density at radius 2 is 2.25 bits per heavy atom. The zero-order chi connectivity index (χ0) is 8.39. The summed E-state index contributed by atoms with van der Waals surface area (Å²) < 4.78 is 5.36. The van der Waals surface area contributed by atoms with E-state index in [-0.39, 0.29) is 6.04 Å². The lowest BCUT2D eigenvalue weighted by atomic mass is 10.0. The summed E-state index contributed by atoms with van der Waals surface area (Å²) in [5, 5.41) is 3.06. The first-order valence-electron chi connectivity index (χ1n) is 3.96. The molecule has 12 heavy (non-hydrogen) atoms. The van der Waals surface area contributed by atoms with Gasteiger partial charge in [-0.25, -0.2) is 0 Å². The number of rotatable bonds is 1. The average Bonchev–Trinajstić information content (AvgIpc) is 2.17. The highest BCUT2D eigenvalue weighted by atomic mass is 16.5. The number of ether oxygens (including phenoxy) is 1. The lowest BCUT2D eigenvalue weighted by Crippen LogP contribution is -2.11. The van der Waals surface area contributed by atoms with Crippen molar-refractivity contribution >= 4 is 0 Å². The van der Waals surface area contributed by atoms with Crippen LogP contribution in [0.1, 0.15) is 18.0 Å². The number of nitroso groups, excluding NO2 is 1. The van der Waals surface area contributed by atoms with Gasteiger partial charge in [-0.3, -0.25) is 0 Å². The quantitative estimate of drug-likeness (QED) is 0.595. The highest BCUT2D eigenvalue weighted by Crippen LogP contribution is 2.33. The second kappa shape index (κ2) is 2.93. The van der Waals surface area contributed by atoms with Gasteiger partial charge in [0, 0.05) is 12.0 Å². The SMILES string of the molecule is O=NC1CCOc2ccccc21. The Morgan fingerprint density at radius 3 is 3.08 bits per heavy atom. The van der Waals surface area contributed by atoms with Gasteiger partial charge in [-0.15, -0.1) is 0 Å². The number of para-hydroxylation sites is 1. The van der Waals surface area contributed by atoms with Crippen molar-refractivity contribution in [3.63, 3.8) is 0 Å². The molecule has 0 radical (unpaired) electrons. The van der Waals surface area contributed by atoms with Crippen LogP contribution in [0.4, 0.5) is 0 Å². The number of hydrogen-bond donors (Lipinski definition) is 0. The molecule has 1 aliphatic rings. The Balaban J connectivity index is 2.43. The van der Waals surface area contributed by atoms with E-state index in [0.29, 0.717) is 13.0 Å². The summed E-state index contributed by atoms with van der Waals surface area (Å²) in [5.41, 5.74) is 0.916. The summed E-state index contributed by atoms with van der Waals surface area (Å²) in [7, 11) is 0. The predicted molar refractivity (Wildman–Crippen MR) is 45.1 cm³/mol. The van der Waals surface area contributed by atoms with Crippen molar-refractivity contribution in [1.29, 1.82) is 0 Å². The molecular formula is C9H9NO2. The summed E-state index contributed by atoms with van der Waals surface area (Å²) in [5.74, 6) is 0.799. The fourth-order valence-electron chi connectivity index (χ4n) is 1.43. The van der Waals surface area contributed by atoms with Gasteiger partial charge in [0.25, 0.3) is 0 Å². The van der Waals surface area contributed by atoms with Gasteiger partial charge in [-0.1, -0.05) is 23.4 Å². The lowest BCUT2D eigenvalue weighted by Gasteiger charge is -2.20. The van der Waals surface area contributed by atoms with Gasteiger partial charge in [0.1, 0.15) is 11.8 Å². The van der Waals surface area contributed by atoms with E-state index in [4.69, 9.17) is 4.74 Å². The standard InChI is InChI=1S/C9H9NO2/c11-10-8-5-6-12-9-4-2-1-3-7(8)9/h1-4,8H,5-6H2. The normalized spacial score (nSPS) is 20.8. The van der Waals surface area contributed by atoms with Gasteiger partial charge in [0.15, 0.2) is 0 Å². The maximum atomic E-state index is 10.4. The maximum Gasteiger partial charge on any atom is 0.124 e. The van der Waals surface area contributed by atoms with Crippen molar-refractivity contribution < 1.29 is 4.74 Å². The molecule has 1 atom stereocenters. The molecule has 1 aromatic rings. The molecule has 1 unspecified atom stereocenters. The van der Waals surface area contributed by atoms with Crippen LogP contribution in [0.25, 0.3) is 0 Å². The van der Waals surface area contributed by atoms with E-state index in [1.807, 2.05) is 24.3 Å². The summed E-state index contributed by atoms with van der Waals surface area (Å²) >= 11 is 0. The van der Waals surface area contributed by atoms with Crippen LogP contribution in [0.15, 0.2) is 29.4 Å². The Bertz CT molecular complexity index is 298. The summed E-state index contributed by atoms with van der Waals surface area (Å²) in [6.07, 6.45) is 0.695. The lowest BCUT2D eigenvalue weighted by molar-refractivity contribution is 0.269. The predicted octanol–water partition coefficient (Wildman–Crippen LogP) is 2.28. The third kappa shape index (κ3) is 1.07. The molecule has 62 valence electrons. The minimum absolute atomic E-state index is 0.213. The first-order valence-corrected chi connectivity index (χ1v) is 3.96. The van der Waals surface area contributed by atoms with Crippen LogP contribution in [0.3, 0.4) is 0 Å². The minimum atomic E-state index is -0.213. The van der Waals surface area contributed by atoms with Gasteiger partial charge in [-0.2, -0.15) is 4.91 Å². The second-order valence-corrected chi connectivity index (χ2v) is 2.80. The van der Waals surface area contributed by atoms with Crippen molar-refractivity contribution in [2.24, 2.45) is 5.18 Å². The molecule has 0 saturated heterocycles. The molecule has 2 rings (SSSR count). The molecule has 0 N–H and O–H groups in total. The van der Waals surface area contributed by atoms with Gasteiger partial charge >= 0.3 is 0 Å². The van der Waals surface area contributed by atoms with Crippen LogP contribution in [-0.4, -0.2) is 6.61 Å². The molecular weight excluding hydrogens is 154 g/mol. The monoisotopic (exact) mass is 163 g/mol. The smallest absolute Gasteiger partial charge is 0.124 e. The third-order valence-corrected chi connectivity index (χ3v) is 2.05. The van der Waals surface area contributed by atoms with Crippen molar-refractivity contribution in [2.45, 2.75) is 12.5 Å². The highest BCUT2D eigenvalue weighted by molar-refractivity contribution is 5.37. The van der Waals surface area contributed by atoms with E-state index >= 15 is 0 Å². The second-order valence-electron chi connectivity index (χ2n) is 2.80. The van der Waals surface area contributed by atoms with Gasteiger partial charge < -0.3 is 4.74 Å². The number of fused-ring (bicyclic) bond motifs is 1. The van der Waals surface area contributed by atoms with Crippen LogP contribution in [0, 0.1) is 4.91 Å². The molecule has 0 spiro atoms. The van der Waals surface area contributed by atoms with Crippen LogP contribution in [0.5, 0.6) is 5.75 Å². The molecule has 0 aliphatic carbocycles. The van der Waals surface area contributed by atoms with E-state index in [2.05, 4.69) is 5.18 Å². The van der Waals surface area contributed by atoms with Crippen molar-refractivity contribution in [3.05, 3.63) is 34.7 Å². The molecule has 0 saturated carbocycles. The Morgan fingerprint density at radius 1 is 1.42 bits per heavy atom. The van der Waals surface area contributed by atoms with Gasteiger partial charge in [0.05, 0.1) is 6.61 Å². The zero-order valence-electron chi connectivity index (χ0n) is 6.56. The first kappa shape index (κ1) is 7.28. The maximum absolute atomic E-state index is 10.4. The number of nitrogens with zero attached hydrogens (tertiary/aromatic N) is 1.